The highest BCUT2D eigenvalue weighted by molar-refractivity contribution is 7.99. The molecule has 1 aliphatic heterocycles. The topological polar surface area (TPSA) is 89.5 Å². The standard InChI is InChI=1S/C26H21N3O4S2/c1-33-20-11-7-10-19(14-20)23(30)17-34-26-27-15-24-25(28-26)21-12-5-6-13-22(21)29(35(24,31)32)16-18-8-3-2-4-9-18/h2-15H,16-17H2,1H3. The maximum atomic E-state index is 13.6. The van der Waals surface area contributed by atoms with Gasteiger partial charge in [0.1, 0.15) is 10.6 Å². The highest BCUT2D eigenvalue weighted by Crippen LogP contribution is 2.42. The highest BCUT2D eigenvalue weighted by atomic mass is 32.2. The van der Waals surface area contributed by atoms with Gasteiger partial charge in [-0.2, -0.15) is 0 Å². The van der Waals surface area contributed by atoms with E-state index in [-0.39, 0.29) is 23.0 Å². The molecular weight excluding hydrogens is 482 g/mol. The zero-order valence-corrected chi connectivity index (χ0v) is 20.4. The number of anilines is 1. The molecule has 7 nitrogen and oxygen atoms in total. The molecule has 0 N–H and O–H groups in total. The molecule has 176 valence electrons. The van der Waals surface area contributed by atoms with E-state index in [1.54, 1.807) is 43.5 Å². The average Bonchev–Trinajstić information content (AvgIpc) is 2.90. The number of rotatable bonds is 7. The number of aromatic nitrogens is 2. The summed E-state index contributed by atoms with van der Waals surface area (Å²) in [5.74, 6) is 0.616. The number of benzene rings is 3. The van der Waals surface area contributed by atoms with Crippen molar-refractivity contribution < 1.29 is 17.9 Å². The maximum Gasteiger partial charge on any atom is 0.268 e. The van der Waals surface area contributed by atoms with Crippen molar-refractivity contribution in [3.05, 3.63) is 96.2 Å². The van der Waals surface area contributed by atoms with E-state index in [0.717, 1.165) is 5.56 Å². The zero-order valence-electron chi connectivity index (χ0n) is 18.8. The van der Waals surface area contributed by atoms with Gasteiger partial charge in [-0.3, -0.25) is 9.10 Å². The van der Waals surface area contributed by atoms with Crippen LogP contribution in [0.25, 0.3) is 11.3 Å². The Morgan fingerprint density at radius 1 is 1.00 bits per heavy atom. The molecule has 0 unspecified atom stereocenters. The summed E-state index contributed by atoms with van der Waals surface area (Å²) < 4.78 is 33.7. The molecular formula is C26H21N3O4S2. The Morgan fingerprint density at radius 3 is 2.57 bits per heavy atom. The Hall–Kier alpha value is -3.69. The number of ether oxygens (including phenoxy) is 1. The molecule has 3 aromatic carbocycles. The van der Waals surface area contributed by atoms with Gasteiger partial charge in [0.15, 0.2) is 10.9 Å². The fourth-order valence-electron chi connectivity index (χ4n) is 3.87. The van der Waals surface area contributed by atoms with E-state index in [4.69, 9.17) is 4.74 Å². The summed E-state index contributed by atoms with van der Waals surface area (Å²) >= 11 is 1.17. The van der Waals surface area contributed by atoms with Gasteiger partial charge < -0.3 is 4.74 Å². The summed E-state index contributed by atoms with van der Waals surface area (Å²) in [5.41, 5.74) is 3.01. The number of para-hydroxylation sites is 1. The number of nitrogens with zero attached hydrogens (tertiary/aromatic N) is 3. The number of methoxy groups -OCH3 is 1. The normalized spacial score (nSPS) is 13.6. The monoisotopic (exact) mass is 503 g/mol. The molecule has 0 saturated carbocycles. The SMILES string of the molecule is COc1cccc(C(=O)CSc2ncc3c(n2)-c2ccccc2N(Cc2ccccc2)S3(=O)=O)c1. The second-order valence-corrected chi connectivity index (χ2v) is 10.6. The summed E-state index contributed by atoms with van der Waals surface area (Å²) in [6, 6.07) is 23.7. The molecule has 35 heavy (non-hydrogen) atoms. The summed E-state index contributed by atoms with van der Waals surface area (Å²) in [4.78, 5) is 21.5. The maximum absolute atomic E-state index is 13.6. The Labute approximate surface area is 207 Å². The largest absolute Gasteiger partial charge is 0.497 e. The van der Waals surface area contributed by atoms with Crippen molar-refractivity contribution in [3.63, 3.8) is 0 Å². The predicted molar refractivity (Wildman–Crippen MR) is 135 cm³/mol. The number of hydrogen-bond acceptors (Lipinski definition) is 7. The van der Waals surface area contributed by atoms with Crippen molar-refractivity contribution in [2.75, 3.05) is 17.2 Å². The van der Waals surface area contributed by atoms with E-state index in [9.17, 15) is 13.2 Å². The molecule has 0 bridgehead atoms. The van der Waals surface area contributed by atoms with Crippen LogP contribution in [0.2, 0.25) is 0 Å². The first-order valence-corrected chi connectivity index (χ1v) is 13.2. The number of carbonyl (C=O) groups is 1. The van der Waals surface area contributed by atoms with Crippen LogP contribution in [0.4, 0.5) is 5.69 Å². The van der Waals surface area contributed by atoms with Crippen LogP contribution in [-0.4, -0.2) is 37.0 Å². The third-order valence-corrected chi connectivity index (χ3v) is 8.24. The molecule has 2 heterocycles. The lowest BCUT2D eigenvalue weighted by molar-refractivity contribution is 0.102. The second kappa shape index (κ2) is 9.52. The fourth-order valence-corrected chi connectivity index (χ4v) is 6.15. The number of carbonyl (C=O) groups excluding carboxylic acids is 1. The lowest BCUT2D eigenvalue weighted by Gasteiger charge is -2.31. The Bertz CT molecular complexity index is 1510. The molecule has 5 rings (SSSR count). The first-order valence-electron chi connectivity index (χ1n) is 10.8. The molecule has 0 fully saturated rings. The van der Waals surface area contributed by atoms with Crippen LogP contribution in [0.15, 0.2) is 95.1 Å². The zero-order chi connectivity index (χ0) is 24.4. The molecule has 0 spiro atoms. The van der Waals surface area contributed by atoms with Crippen molar-refractivity contribution in [2.45, 2.75) is 16.6 Å². The minimum Gasteiger partial charge on any atom is -0.497 e. The Kier molecular flexibility index (Phi) is 6.27. The second-order valence-electron chi connectivity index (χ2n) is 7.82. The van der Waals surface area contributed by atoms with E-state index in [2.05, 4.69) is 9.97 Å². The van der Waals surface area contributed by atoms with Crippen LogP contribution >= 0.6 is 11.8 Å². The Balaban J connectivity index is 1.45. The quantitative estimate of drug-likeness (QED) is 0.203. The number of Topliss-reactive ketones (excluding diaryl/α,β-unsaturated/α-hetero) is 1. The average molecular weight is 504 g/mol. The van der Waals surface area contributed by atoms with Gasteiger partial charge in [0.2, 0.25) is 0 Å². The van der Waals surface area contributed by atoms with Crippen LogP contribution in [0, 0.1) is 0 Å². The first-order chi connectivity index (χ1) is 17.0. The first kappa shape index (κ1) is 23.1. The molecule has 0 aliphatic carbocycles. The van der Waals surface area contributed by atoms with Gasteiger partial charge in [-0.25, -0.2) is 18.4 Å². The highest BCUT2D eigenvalue weighted by Gasteiger charge is 2.36. The molecule has 0 atom stereocenters. The van der Waals surface area contributed by atoms with Crippen LogP contribution in [-0.2, 0) is 16.6 Å². The number of hydrogen-bond donors (Lipinski definition) is 0. The number of ketones is 1. The summed E-state index contributed by atoms with van der Waals surface area (Å²) in [6.07, 6.45) is 1.34. The Morgan fingerprint density at radius 2 is 1.77 bits per heavy atom. The lowest BCUT2D eigenvalue weighted by atomic mass is 10.1. The van der Waals surface area contributed by atoms with Crippen molar-refractivity contribution in [1.82, 2.24) is 9.97 Å². The van der Waals surface area contributed by atoms with Crippen LogP contribution < -0.4 is 9.04 Å². The van der Waals surface area contributed by atoms with E-state index in [1.807, 2.05) is 42.5 Å². The van der Waals surface area contributed by atoms with E-state index in [0.29, 0.717) is 33.4 Å². The fraction of sp³-hybridized carbons (Fsp3) is 0.115. The van der Waals surface area contributed by atoms with Crippen LogP contribution in [0.3, 0.4) is 0 Å². The lowest BCUT2D eigenvalue weighted by Crippen LogP contribution is -2.34. The molecule has 4 aromatic rings. The van der Waals surface area contributed by atoms with Gasteiger partial charge in [0, 0.05) is 11.1 Å². The van der Waals surface area contributed by atoms with Crippen molar-refractivity contribution >= 4 is 33.3 Å². The van der Waals surface area contributed by atoms with E-state index < -0.39 is 10.0 Å². The molecule has 9 heteroatoms. The number of sulfonamides is 1. The van der Waals surface area contributed by atoms with Crippen LogP contribution in [0.1, 0.15) is 15.9 Å². The molecule has 0 radical (unpaired) electrons. The van der Waals surface area contributed by atoms with Gasteiger partial charge >= 0.3 is 0 Å². The van der Waals surface area contributed by atoms with Crippen LogP contribution in [0.5, 0.6) is 5.75 Å². The minimum absolute atomic E-state index is 0.0515. The van der Waals surface area contributed by atoms with Gasteiger partial charge in [0.25, 0.3) is 10.0 Å². The summed E-state index contributed by atoms with van der Waals surface area (Å²) in [5, 5.41) is 0.335. The van der Waals surface area contributed by atoms with Gasteiger partial charge in [-0.1, -0.05) is 72.4 Å². The molecule has 0 saturated heterocycles. The molecule has 1 aromatic heterocycles. The number of thioether (sulfide) groups is 1. The predicted octanol–water partition coefficient (Wildman–Crippen LogP) is 4.84. The van der Waals surface area contributed by atoms with E-state index >= 15 is 0 Å². The number of fused-ring (bicyclic) bond motifs is 3. The van der Waals surface area contributed by atoms with Gasteiger partial charge in [0.05, 0.1) is 37.0 Å². The summed E-state index contributed by atoms with van der Waals surface area (Å²) in [6.45, 7) is 0.200. The van der Waals surface area contributed by atoms with Crippen molar-refractivity contribution in [1.29, 1.82) is 0 Å². The van der Waals surface area contributed by atoms with Gasteiger partial charge in [-0.15, -0.1) is 0 Å². The van der Waals surface area contributed by atoms with Crippen molar-refractivity contribution in [3.8, 4) is 17.0 Å². The third-order valence-electron chi connectivity index (χ3n) is 5.62. The molecule has 1 aliphatic rings. The molecule has 0 amide bonds. The smallest absolute Gasteiger partial charge is 0.268 e. The minimum atomic E-state index is -3.87. The third kappa shape index (κ3) is 4.52. The summed E-state index contributed by atoms with van der Waals surface area (Å²) in [7, 11) is -2.33. The van der Waals surface area contributed by atoms with E-state index in [1.165, 1.54) is 22.3 Å². The van der Waals surface area contributed by atoms with Crippen molar-refractivity contribution in [2.24, 2.45) is 0 Å². The van der Waals surface area contributed by atoms with Gasteiger partial charge in [-0.05, 0) is 23.8 Å².